The van der Waals surface area contributed by atoms with Crippen molar-refractivity contribution in [3.63, 3.8) is 0 Å². The summed E-state index contributed by atoms with van der Waals surface area (Å²) >= 11 is 1.43. The Bertz CT molecular complexity index is 309. The third-order valence-corrected chi connectivity index (χ3v) is 3.01. The van der Waals surface area contributed by atoms with Crippen molar-refractivity contribution in [2.45, 2.75) is 0 Å². The van der Waals surface area contributed by atoms with Gasteiger partial charge < -0.3 is 4.90 Å². The molecule has 0 aliphatic carbocycles. The summed E-state index contributed by atoms with van der Waals surface area (Å²) in [5.41, 5.74) is 0. The predicted molar refractivity (Wildman–Crippen MR) is 54.2 cm³/mol. The second kappa shape index (κ2) is 4.35. The molecule has 1 aromatic rings. The Morgan fingerprint density at radius 2 is 2.21 bits per heavy atom. The molecule has 1 fully saturated rings. The second-order valence-corrected chi connectivity index (χ2v) is 3.90. The van der Waals surface area contributed by atoms with Crippen molar-refractivity contribution in [1.82, 2.24) is 14.3 Å². The molecular formula is C8H11N5S. The van der Waals surface area contributed by atoms with Crippen LogP contribution in [0.25, 0.3) is 0 Å². The van der Waals surface area contributed by atoms with Crippen molar-refractivity contribution in [3.05, 3.63) is 6.33 Å². The topological polar surface area (TPSA) is 56.1 Å². The lowest BCUT2D eigenvalue weighted by atomic mass is 10.3. The van der Waals surface area contributed by atoms with Gasteiger partial charge >= 0.3 is 0 Å². The van der Waals surface area contributed by atoms with Crippen LogP contribution in [0.1, 0.15) is 0 Å². The Balaban J connectivity index is 1.88. The largest absolute Gasteiger partial charge is 0.344 e. The van der Waals surface area contributed by atoms with Gasteiger partial charge in [-0.05, 0) is 0 Å². The molecule has 14 heavy (non-hydrogen) atoms. The van der Waals surface area contributed by atoms with Crippen molar-refractivity contribution < 1.29 is 0 Å². The zero-order valence-corrected chi connectivity index (χ0v) is 8.57. The molecule has 74 valence electrons. The fourth-order valence-corrected chi connectivity index (χ4v) is 2.08. The van der Waals surface area contributed by atoms with E-state index in [4.69, 9.17) is 5.26 Å². The number of rotatable bonds is 2. The molecular weight excluding hydrogens is 198 g/mol. The van der Waals surface area contributed by atoms with Gasteiger partial charge in [-0.1, -0.05) is 0 Å². The van der Waals surface area contributed by atoms with E-state index in [9.17, 15) is 0 Å². The maximum absolute atomic E-state index is 8.54. The third kappa shape index (κ3) is 2.00. The SMILES string of the molecule is N#CCN1CCN(c2ncns2)CC1. The summed E-state index contributed by atoms with van der Waals surface area (Å²) in [6.45, 7) is 4.29. The highest BCUT2D eigenvalue weighted by Crippen LogP contribution is 2.16. The van der Waals surface area contributed by atoms with Crippen LogP contribution in [-0.4, -0.2) is 47.0 Å². The zero-order chi connectivity index (χ0) is 9.80. The first-order chi connectivity index (χ1) is 6.90. The molecule has 1 aliphatic heterocycles. The first-order valence-corrected chi connectivity index (χ1v) is 5.28. The fourth-order valence-electron chi connectivity index (χ4n) is 1.50. The van der Waals surface area contributed by atoms with Gasteiger partial charge in [-0.3, -0.25) is 4.90 Å². The molecule has 5 nitrogen and oxygen atoms in total. The van der Waals surface area contributed by atoms with E-state index < -0.39 is 0 Å². The fraction of sp³-hybridized carbons (Fsp3) is 0.625. The quantitative estimate of drug-likeness (QED) is 0.650. The first-order valence-electron chi connectivity index (χ1n) is 4.51. The van der Waals surface area contributed by atoms with Crippen LogP contribution in [0.5, 0.6) is 0 Å². The molecule has 0 unspecified atom stereocenters. The van der Waals surface area contributed by atoms with Crippen LogP contribution in [-0.2, 0) is 0 Å². The molecule has 0 radical (unpaired) electrons. The Kier molecular flexibility index (Phi) is 2.91. The number of anilines is 1. The van der Waals surface area contributed by atoms with E-state index in [1.165, 1.54) is 11.5 Å². The molecule has 0 spiro atoms. The molecule has 6 heteroatoms. The van der Waals surface area contributed by atoms with Gasteiger partial charge in [-0.2, -0.15) is 9.64 Å². The summed E-state index contributed by atoms with van der Waals surface area (Å²) in [5.74, 6) is 0. The van der Waals surface area contributed by atoms with Gasteiger partial charge in [-0.25, -0.2) is 4.98 Å². The van der Waals surface area contributed by atoms with Crippen molar-refractivity contribution in [2.75, 3.05) is 37.6 Å². The first kappa shape index (κ1) is 9.37. The number of nitrogens with zero attached hydrogens (tertiary/aromatic N) is 5. The number of nitriles is 1. The molecule has 0 aromatic carbocycles. The normalized spacial score (nSPS) is 18.1. The lowest BCUT2D eigenvalue weighted by Gasteiger charge is -2.32. The zero-order valence-electron chi connectivity index (χ0n) is 7.76. The molecule has 0 N–H and O–H groups in total. The minimum absolute atomic E-state index is 0.532. The van der Waals surface area contributed by atoms with E-state index in [1.807, 2.05) is 0 Å². The van der Waals surface area contributed by atoms with Gasteiger partial charge in [0.15, 0.2) is 0 Å². The molecule has 2 rings (SSSR count). The number of hydrogen-bond acceptors (Lipinski definition) is 6. The van der Waals surface area contributed by atoms with Crippen LogP contribution in [0.4, 0.5) is 5.13 Å². The van der Waals surface area contributed by atoms with Crippen molar-refractivity contribution in [3.8, 4) is 6.07 Å². The van der Waals surface area contributed by atoms with Gasteiger partial charge in [0.1, 0.15) is 6.33 Å². The molecule has 1 aromatic heterocycles. The lowest BCUT2D eigenvalue weighted by Crippen LogP contribution is -2.46. The lowest BCUT2D eigenvalue weighted by molar-refractivity contribution is 0.287. The van der Waals surface area contributed by atoms with Gasteiger partial charge in [0.2, 0.25) is 5.13 Å². The molecule has 0 saturated carbocycles. The Hall–Kier alpha value is -1.19. The summed E-state index contributed by atoms with van der Waals surface area (Å²) in [6.07, 6.45) is 1.58. The van der Waals surface area contributed by atoms with E-state index in [-0.39, 0.29) is 0 Å². The summed E-state index contributed by atoms with van der Waals surface area (Å²) < 4.78 is 3.98. The Morgan fingerprint density at radius 1 is 1.43 bits per heavy atom. The highest BCUT2D eigenvalue weighted by Gasteiger charge is 2.18. The van der Waals surface area contributed by atoms with Crippen molar-refractivity contribution >= 4 is 16.7 Å². The molecule has 0 atom stereocenters. The maximum atomic E-state index is 8.54. The highest BCUT2D eigenvalue weighted by molar-refractivity contribution is 7.09. The average Bonchev–Trinajstić information content (AvgIpc) is 2.72. The van der Waals surface area contributed by atoms with E-state index in [0.717, 1.165) is 31.3 Å². The van der Waals surface area contributed by atoms with Crippen LogP contribution in [0, 0.1) is 11.3 Å². The van der Waals surface area contributed by atoms with Gasteiger partial charge in [-0.15, -0.1) is 0 Å². The summed E-state index contributed by atoms with van der Waals surface area (Å²) in [7, 11) is 0. The van der Waals surface area contributed by atoms with E-state index in [1.54, 1.807) is 6.33 Å². The molecule has 0 bridgehead atoms. The third-order valence-electron chi connectivity index (χ3n) is 2.29. The standard InChI is InChI=1S/C8H11N5S/c9-1-2-12-3-5-13(6-4-12)8-10-7-11-14-8/h7H,2-6H2. The molecule has 2 heterocycles. The van der Waals surface area contributed by atoms with Gasteiger partial charge in [0.25, 0.3) is 0 Å². The van der Waals surface area contributed by atoms with E-state index in [2.05, 4.69) is 25.2 Å². The van der Waals surface area contributed by atoms with Gasteiger partial charge in [0.05, 0.1) is 12.6 Å². The van der Waals surface area contributed by atoms with Gasteiger partial charge in [0, 0.05) is 37.7 Å². The smallest absolute Gasteiger partial charge is 0.205 e. The van der Waals surface area contributed by atoms with Crippen LogP contribution in [0.3, 0.4) is 0 Å². The summed E-state index contributed by atoms with van der Waals surface area (Å²) in [6, 6.07) is 2.17. The van der Waals surface area contributed by atoms with Crippen LogP contribution in [0.15, 0.2) is 6.33 Å². The van der Waals surface area contributed by atoms with E-state index in [0.29, 0.717) is 6.54 Å². The second-order valence-electron chi connectivity index (χ2n) is 3.15. The molecule has 1 aliphatic rings. The van der Waals surface area contributed by atoms with E-state index >= 15 is 0 Å². The Labute approximate surface area is 86.7 Å². The maximum Gasteiger partial charge on any atom is 0.205 e. The average molecular weight is 209 g/mol. The van der Waals surface area contributed by atoms with Crippen molar-refractivity contribution in [1.29, 1.82) is 5.26 Å². The van der Waals surface area contributed by atoms with Crippen LogP contribution in [0.2, 0.25) is 0 Å². The Morgan fingerprint density at radius 3 is 2.79 bits per heavy atom. The predicted octanol–water partition coefficient (Wildman–Crippen LogP) is 0.184. The van der Waals surface area contributed by atoms with Crippen LogP contribution >= 0.6 is 11.5 Å². The molecule has 0 amide bonds. The monoisotopic (exact) mass is 209 g/mol. The number of piperazine rings is 1. The van der Waals surface area contributed by atoms with Crippen LogP contribution < -0.4 is 4.90 Å². The molecule has 1 saturated heterocycles. The summed E-state index contributed by atoms with van der Waals surface area (Å²) in [5, 5.41) is 9.53. The highest BCUT2D eigenvalue weighted by atomic mass is 32.1. The minimum Gasteiger partial charge on any atom is -0.344 e. The summed E-state index contributed by atoms with van der Waals surface area (Å²) in [4.78, 5) is 8.52. The number of aromatic nitrogens is 2. The van der Waals surface area contributed by atoms with Crippen molar-refractivity contribution in [2.24, 2.45) is 0 Å². The number of hydrogen-bond donors (Lipinski definition) is 0. The minimum atomic E-state index is 0.532.